The lowest BCUT2D eigenvalue weighted by Crippen LogP contribution is -2.41. The Hall–Kier alpha value is -0.760. The molecule has 0 aliphatic rings. The molecule has 0 aliphatic carbocycles. The van der Waals surface area contributed by atoms with Crippen molar-refractivity contribution in [3.05, 3.63) is 23.2 Å². The molecular formula is C18H35IN4O. The number of aliphatic imine (C=N–C) groups is 1. The number of nitrogens with one attached hydrogen (secondary N) is 2. The van der Waals surface area contributed by atoms with Crippen molar-refractivity contribution in [1.29, 1.82) is 0 Å². The molecule has 0 fully saturated rings. The molecule has 0 aliphatic heterocycles. The smallest absolute Gasteiger partial charge is 0.191 e. The van der Waals surface area contributed by atoms with E-state index in [1.807, 2.05) is 13.8 Å². The Labute approximate surface area is 164 Å². The van der Waals surface area contributed by atoms with Crippen molar-refractivity contribution in [2.75, 3.05) is 20.1 Å². The highest BCUT2D eigenvalue weighted by Crippen LogP contribution is 2.12. The van der Waals surface area contributed by atoms with Crippen molar-refractivity contribution in [3.8, 4) is 0 Å². The Balaban J connectivity index is 0.00000529. The first-order chi connectivity index (χ1) is 10.8. The van der Waals surface area contributed by atoms with Crippen molar-refractivity contribution in [2.24, 2.45) is 4.99 Å². The summed E-state index contributed by atoms with van der Waals surface area (Å²) >= 11 is 0. The molecule has 0 unspecified atom stereocenters. The molecular weight excluding hydrogens is 415 g/mol. The largest absolute Gasteiger partial charge is 0.466 e. The molecule has 0 spiro atoms. The third kappa shape index (κ3) is 7.88. The second-order valence-electron chi connectivity index (χ2n) is 6.57. The monoisotopic (exact) mass is 450 g/mol. The van der Waals surface area contributed by atoms with Gasteiger partial charge in [0.1, 0.15) is 11.5 Å². The summed E-state index contributed by atoms with van der Waals surface area (Å²) in [5.41, 5.74) is 1.18. The first-order valence-corrected chi connectivity index (χ1v) is 8.61. The Bertz CT molecular complexity index is 489. The average Bonchev–Trinajstić information content (AvgIpc) is 2.79. The Morgan fingerprint density at radius 1 is 1.17 bits per heavy atom. The van der Waals surface area contributed by atoms with E-state index in [-0.39, 0.29) is 24.0 Å². The van der Waals surface area contributed by atoms with E-state index in [1.54, 1.807) is 7.05 Å². The van der Waals surface area contributed by atoms with Crippen LogP contribution in [0.1, 0.15) is 51.2 Å². The average molecular weight is 450 g/mol. The van der Waals surface area contributed by atoms with Crippen LogP contribution in [0.25, 0.3) is 0 Å². The first-order valence-electron chi connectivity index (χ1n) is 8.61. The van der Waals surface area contributed by atoms with Crippen LogP contribution in [0.3, 0.4) is 0 Å². The van der Waals surface area contributed by atoms with Gasteiger partial charge in [-0.1, -0.05) is 0 Å². The number of aryl methyl sites for hydroxylation is 2. The molecule has 24 heavy (non-hydrogen) atoms. The first kappa shape index (κ1) is 23.2. The maximum absolute atomic E-state index is 5.54. The van der Waals surface area contributed by atoms with Crippen LogP contribution in [-0.4, -0.2) is 43.1 Å². The molecule has 0 saturated carbocycles. The molecule has 1 aromatic heterocycles. The van der Waals surface area contributed by atoms with E-state index in [0.717, 1.165) is 43.5 Å². The van der Waals surface area contributed by atoms with E-state index in [4.69, 9.17) is 4.42 Å². The van der Waals surface area contributed by atoms with Gasteiger partial charge in [0.15, 0.2) is 5.96 Å². The number of hydrogen-bond acceptors (Lipinski definition) is 3. The minimum Gasteiger partial charge on any atom is -0.466 e. The van der Waals surface area contributed by atoms with Crippen molar-refractivity contribution < 1.29 is 4.42 Å². The minimum absolute atomic E-state index is 0. The second-order valence-corrected chi connectivity index (χ2v) is 6.57. The summed E-state index contributed by atoms with van der Waals surface area (Å²) in [5, 5.41) is 6.72. The van der Waals surface area contributed by atoms with Crippen molar-refractivity contribution >= 4 is 29.9 Å². The highest BCUT2D eigenvalue weighted by Gasteiger charge is 2.12. The van der Waals surface area contributed by atoms with E-state index in [2.05, 4.69) is 54.3 Å². The molecule has 140 valence electrons. The van der Waals surface area contributed by atoms with Gasteiger partial charge in [0.2, 0.25) is 0 Å². The summed E-state index contributed by atoms with van der Waals surface area (Å²) in [6.45, 7) is 15.7. The van der Waals surface area contributed by atoms with E-state index < -0.39 is 0 Å². The van der Waals surface area contributed by atoms with E-state index in [1.165, 1.54) is 5.56 Å². The zero-order valence-electron chi connectivity index (χ0n) is 16.3. The molecule has 0 aromatic carbocycles. The predicted molar refractivity (Wildman–Crippen MR) is 113 cm³/mol. The standard InChI is InChI=1S/C18H34N4O.HI/c1-13(2)22(14(3)4)10-8-9-20-18(19-7)21-12-17-11-15(5)23-16(17)6;/h11,13-14H,8-10,12H2,1-7H3,(H2,19,20,21);1H. The summed E-state index contributed by atoms with van der Waals surface area (Å²) < 4.78 is 5.54. The quantitative estimate of drug-likeness (QED) is 0.275. The maximum Gasteiger partial charge on any atom is 0.191 e. The van der Waals surface area contributed by atoms with Crippen LogP contribution in [0, 0.1) is 13.8 Å². The molecule has 6 heteroatoms. The molecule has 0 saturated heterocycles. The molecule has 2 N–H and O–H groups in total. The Morgan fingerprint density at radius 3 is 2.25 bits per heavy atom. The van der Waals surface area contributed by atoms with E-state index >= 15 is 0 Å². The number of guanidine groups is 1. The molecule has 0 bridgehead atoms. The summed E-state index contributed by atoms with van der Waals surface area (Å²) in [5.74, 6) is 2.75. The summed E-state index contributed by atoms with van der Waals surface area (Å²) in [6, 6.07) is 3.23. The normalized spacial score (nSPS) is 12.0. The highest BCUT2D eigenvalue weighted by molar-refractivity contribution is 14.0. The SMILES string of the molecule is CN=C(NCCCN(C(C)C)C(C)C)NCc1cc(C)oc1C.I. The lowest BCUT2D eigenvalue weighted by Gasteiger charge is -2.30. The van der Waals surface area contributed by atoms with Gasteiger partial charge in [0.25, 0.3) is 0 Å². The summed E-state index contributed by atoms with van der Waals surface area (Å²) in [7, 11) is 1.80. The minimum atomic E-state index is 0. The summed E-state index contributed by atoms with van der Waals surface area (Å²) in [4.78, 5) is 6.79. The Morgan fingerprint density at radius 2 is 1.79 bits per heavy atom. The van der Waals surface area contributed by atoms with Gasteiger partial charge < -0.3 is 15.1 Å². The van der Waals surface area contributed by atoms with Crippen LogP contribution in [0.4, 0.5) is 0 Å². The Kier molecular flexibility index (Phi) is 11.4. The number of hydrogen-bond donors (Lipinski definition) is 2. The maximum atomic E-state index is 5.54. The van der Waals surface area contributed by atoms with Gasteiger partial charge in [-0.3, -0.25) is 9.89 Å². The molecule has 0 radical (unpaired) electrons. The molecule has 1 rings (SSSR count). The second kappa shape index (κ2) is 11.7. The molecule has 0 atom stereocenters. The molecule has 5 nitrogen and oxygen atoms in total. The van der Waals surface area contributed by atoms with Gasteiger partial charge in [-0.15, -0.1) is 24.0 Å². The topological polar surface area (TPSA) is 52.8 Å². The zero-order chi connectivity index (χ0) is 17.4. The van der Waals surface area contributed by atoms with Crippen LogP contribution in [0.5, 0.6) is 0 Å². The van der Waals surface area contributed by atoms with Crippen LogP contribution in [0.2, 0.25) is 0 Å². The van der Waals surface area contributed by atoms with Gasteiger partial charge in [-0.25, -0.2) is 0 Å². The molecule has 0 amide bonds. The van der Waals surface area contributed by atoms with Gasteiger partial charge in [0.05, 0.1) is 0 Å². The fourth-order valence-corrected chi connectivity index (χ4v) is 2.84. The lowest BCUT2D eigenvalue weighted by molar-refractivity contribution is 0.173. The van der Waals surface area contributed by atoms with Crippen LogP contribution < -0.4 is 10.6 Å². The zero-order valence-corrected chi connectivity index (χ0v) is 18.6. The molecule has 1 heterocycles. The molecule has 1 aromatic rings. The number of nitrogens with zero attached hydrogens (tertiary/aromatic N) is 2. The predicted octanol–water partition coefficient (Wildman–Crippen LogP) is 3.69. The fourth-order valence-electron chi connectivity index (χ4n) is 2.84. The van der Waals surface area contributed by atoms with Crippen LogP contribution in [0.15, 0.2) is 15.5 Å². The van der Waals surface area contributed by atoms with Crippen LogP contribution >= 0.6 is 24.0 Å². The van der Waals surface area contributed by atoms with Gasteiger partial charge in [0, 0.05) is 44.3 Å². The van der Waals surface area contributed by atoms with Crippen molar-refractivity contribution in [3.63, 3.8) is 0 Å². The van der Waals surface area contributed by atoms with Gasteiger partial charge in [-0.05, 0) is 54.0 Å². The number of rotatable bonds is 8. The van der Waals surface area contributed by atoms with Crippen LogP contribution in [-0.2, 0) is 6.54 Å². The van der Waals surface area contributed by atoms with E-state index in [9.17, 15) is 0 Å². The summed E-state index contributed by atoms with van der Waals surface area (Å²) in [6.07, 6.45) is 1.10. The highest BCUT2D eigenvalue weighted by atomic mass is 127. The van der Waals surface area contributed by atoms with E-state index in [0.29, 0.717) is 12.1 Å². The van der Waals surface area contributed by atoms with Crippen molar-refractivity contribution in [1.82, 2.24) is 15.5 Å². The van der Waals surface area contributed by atoms with Gasteiger partial charge in [-0.2, -0.15) is 0 Å². The fraction of sp³-hybridized carbons (Fsp3) is 0.722. The number of halogens is 1. The number of furan rings is 1. The third-order valence-corrected chi connectivity index (χ3v) is 4.03. The van der Waals surface area contributed by atoms with Crippen molar-refractivity contribution in [2.45, 2.75) is 66.6 Å². The lowest BCUT2D eigenvalue weighted by atomic mass is 10.2. The van der Waals surface area contributed by atoms with Gasteiger partial charge >= 0.3 is 0 Å². The third-order valence-electron chi connectivity index (χ3n) is 4.03.